The number of nitrogens with one attached hydrogen (secondary N) is 1. The van der Waals surface area contributed by atoms with Gasteiger partial charge in [0, 0.05) is 24.3 Å². The summed E-state index contributed by atoms with van der Waals surface area (Å²) in [6.07, 6.45) is 3.36. The molecule has 2 aromatic rings. The molecule has 2 rings (SSSR count). The third kappa shape index (κ3) is 2.48. The minimum atomic E-state index is -0.972. The van der Waals surface area contributed by atoms with Gasteiger partial charge in [-0.25, -0.2) is 9.78 Å². The summed E-state index contributed by atoms with van der Waals surface area (Å²) >= 11 is 1.55. The highest BCUT2D eigenvalue weighted by molar-refractivity contribution is 7.10. The Bertz CT molecular complexity index is 591. The van der Waals surface area contributed by atoms with Crippen molar-refractivity contribution < 1.29 is 14.6 Å². The Hall–Kier alpha value is -1.66. The second kappa shape index (κ2) is 5.76. The quantitative estimate of drug-likeness (QED) is 0.855. The minimum absolute atomic E-state index is 0.165. The molecule has 2 aromatic heterocycles. The van der Waals surface area contributed by atoms with Crippen LogP contribution in [0.5, 0.6) is 0 Å². The Kier molecular flexibility index (Phi) is 4.25. The van der Waals surface area contributed by atoms with Crippen molar-refractivity contribution in [3.05, 3.63) is 28.3 Å². The van der Waals surface area contributed by atoms with Gasteiger partial charge < -0.3 is 14.8 Å². The molecule has 0 bridgehead atoms. The van der Waals surface area contributed by atoms with E-state index in [0.717, 1.165) is 29.1 Å². The van der Waals surface area contributed by atoms with Gasteiger partial charge in [0.2, 0.25) is 0 Å². The van der Waals surface area contributed by atoms with Gasteiger partial charge in [0.25, 0.3) is 0 Å². The normalized spacial score (nSPS) is 11.8. The molecule has 2 N–H and O–H groups in total. The van der Waals surface area contributed by atoms with Crippen LogP contribution < -0.4 is 0 Å². The fourth-order valence-electron chi connectivity index (χ4n) is 2.21. The van der Waals surface area contributed by atoms with E-state index in [1.54, 1.807) is 30.7 Å². The summed E-state index contributed by atoms with van der Waals surface area (Å²) in [6, 6.07) is 1.59. The smallest absolute Gasteiger partial charge is 0.352 e. The van der Waals surface area contributed by atoms with Crippen molar-refractivity contribution in [2.45, 2.75) is 32.3 Å². The van der Waals surface area contributed by atoms with E-state index < -0.39 is 5.97 Å². The SMILES string of the molecule is CCC(CC)(OC)c1nc(-c2c[nH]c(C(=O)O)c2)cs1. The van der Waals surface area contributed by atoms with Gasteiger partial charge in [0.1, 0.15) is 16.3 Å². The number of methoxy groups -OCH3 is 1. The van der Waals surface area contributed by atoms with E-state index in [1.807, 2.05) is 5.38 Å². The number of H-pyrrole nitrogens is 1. The van der Waals surface area contributed by atoms with Gasteiger partial charge in [-0.05, 0) is 18.9 Å². The Morgan fingerprint density at radius 3 is 2.70 bits per heavy atom. The molecule has 5 nitrogen and oxygen atoms in total. The number of carbonyl (C=O) groups is 1. The maximum Gasteiger partial charge on any atom is 0.352 e. The highest BCUT2D eigenvalue weighted by Crippen LogP contribution is 2.36. The molecule has 6 heteroatoms. The van der Waals surface area contributed by atoms with Gasteiger partial charge >= 0.3 is 5.97 Å². The lowest BCUT2D eigenvalue weighted by Crippen LogP contribution is -2.26. The first-order valence-electron chi connectivity index (χ1n) is 6.49. The van der Waals surface area contributed by atoms with Crippen molar-refractivity contribution >= 4 is 17.3 Å². The third-order valence-corrected chi connectivity index (χ3v) is 4.66. The molecular formula is C14H18N2O3S. The summed E-state index contributed by atoms with van der Waals surface area (Å²) in [7, 11) is 1.70. The molecule has 108 valence electrons. The van der Waals surface area contributed by atoms with Crippen LogP contribution in [0.4, 0.5) is 0 Å². The number of carboxylic acid groups (broad SMARTS) is 1. The highest BCUT2D eigenvalue weighted by Gasteiger charge is 2.31. The molecule has 0 radical (unpaired) electrons. The van der Waals surface area contributed by atoms with Crippen molar-refractivity contribution in [1.29, 1.82) is 0 Å². The first-order chi connectivity index (χ1) is 9.56. The second-order valence-corrected chi connectivity index (χ2v) is 5.41. The number of hydrogen-bond acceptors (Lipinski definition) is 4. The predicted molar refractivity (Wildman–Crippen MR) is 78.1 cm³/mol. The number of carboxylic acids is 1. The van der Waals surface area contributed by atoms with E-state index >= 15 is 0 Å². The number of thiazole rings is 1. The van der Waals surface area contributed by atoms with Gasteiger partial charge in [-0.1, -0.05) is 13.8 Å². The van der Waals surface area contributed by atoms with Gasteiger partial charge in [-0.3, -0.25) is 0 Å². The van der Waals surface area contributed by atoms with E-state index in [0.29, 0.717) is 0 Å². The average molecular weight is 294 g/mol. The molecule has 0 aliphatic rings. The number of ether oxygens (including phenoxy) is 1. The number of aromatic amines is 1. The lowest BCUT2D eigenvalue weighted by molar-refractivity contribution is -0.0218. The summed E-state index contributed by atoms with van der Waals surface area (Å²) in [4.78, 5) is 18.2. The summed E-state index contributed by atoms with van der Waals surface area (Å²) in [5.41, 5.74) is 1.37. The lowest BCUT2D eigenvalue weighted by Gasteiger charge is -2.27. The molecule has 0 fully saturated rings. The first-order valence-corrected chi connectivity index (χ1v) is 7.37. The molecule has 0 saturated heterocycles. The molecule has 0 unspecified atom stereocenters. The molecule has 0 spiro atoms. The zero-order valence-electron chi connectivity index (χ0n) is 11.8. The van der Waals surface area contributed by atoms with Crippen LogP contribution >= 0.6 is 11.3 Å². The molecule has 0 aromatic carbocycles. The first kappa shape index (κ1) is 14.7. The molecule has 0 amide bonds. The monoisotopic (exact) mass is 294 g/mol. The molecule has 2 heterocycles. The van der Waals surface area contributed by atoms with Crippen LogP contribution in [0, 0.1) is 0 Å². The number of rotatable bonds is 6. The van der Waals surface area contributed by atoms with E-state index in [2.05, 4.69) is 23.8 Å². The number of aromatic nitrogens is 2. The minimum Gasteiger partial charge on any atom is -0.477 e. The predicted octanol–water partition coefficient (Wildman–Crippen LogP) is 3.50. The standard InChI is InChI=1S/C14H18N2O3S/c1-4-14(5-2,19-3)13-16-11(8-20-13)9-6-10(12(17)18)15-7-9/h6-8,15H,4-5H2,1-3H3,(H,17,18). The summed E-state index contributed by atoms with van der Waals surface area (Å²) in [5, 5.41) is 11.8. The summed E-state index contributed by atoms with van der Waals surface area (Å²) in [5.74, 6) is -0.972. The van der Waals surface area contributed by atoms with Crippen LogP contribution in [0.25, 0.3) is 11.3 Å². The van der Waals surface area contributed by atoms with Crippen LogP contribution in [-0.4, -0.2) is 28.2 Å². The van der Waals surface area contributed by atoms with Gasteiger partial charge in [-0.2, -0.15) is 0 Å². The topological polar surface area (TPSA) is 75.2 Å². The lowest BCUT2D eigenvalue weighted by atomic mass is 9.98. The van der Waals surface area contributed by atoms with E-state index in [1.165, 1.54) is 0 Å². The fourth-order valence-corrected chi connectivity index (χ4v) is 3.36. The maximum atomic E-state index is 10.9. The number of aromatic carboxylic acids is 1. The highest BCUT2D eigenvalue weighted by atomic mass is 32.1. The third-order valence-electron chi connectivity index (χ3n) is 3.64. The second-order valence-electron chi connectivity index (χ2n) is 4.55. The summed E-state index contributed by atoms with van der Waals surface area (Å²) < 4.78 is 5.66. The molecule has 0 saturated carbocycles. The van der Waals surface area contributed by atoms with Crippen LogP contribution in [0.2, 0.25) is 0 Å². The van der Waals surface area contributed by atoms with Crippen LogP contribution in [0.3, 0.4) is 0 Å². The molecule has 0 atom stereocenters. The molecule has 0 aliphatic carbocycles. The Balaban J connectivity index is 2.34. The fraction of sp³-hybridized carbons (Fsp3) is 0.429. The Labute approximate surface area is 121 Å². The number of nitrogens with zero attached hydrogens (tertiary/aromatic N) is 1. The number of hydrogen-bond donors (Lipinski definition) is 2. The van der Waals surface area contributed by atoms with Crippen molar-refractivity contribution in [1.82, 2.24) is 9.97 Å². The Morgan fingerprint density at radius 1 is 1.50 bits per heavy atom. The average Bonchev–Trinajstić information content (AvgIpc) is 3.10. The van der Waals surface area contributed by atoms with E-state index in [9.17, 15) is 4.79 Å². The maximum absolute atomic E-state index is 10.9. The van der Waals surface area contributed by atoms with E-state index in [4.69, 9.17) is 9.84 Å². The van der Waals surface area contributed by atoms with Gasteiger partial charge in [-0.15, -0.1) is 11.3 Å². The van der Waals surface area contributed by atoms with Crippen LogP contribution in [0.15, 0.2) is 17.6 Å². The molecular weight excluding hydrogens is 276 g/mol. The van der Waals surface area contributed by atoms with Crippen LogP contribution in [-0.2, 0) is 10.3 Å². The van der Waals surface area contributed by atoms with Gasteiger partial charge in [0.05, 0.1) is 5.69 Å². The zero-order chi connectivity index (χ0) is 14.8. The molecule has 20 heavy (non-hydrogen) atoms. The largest absolute Gasteiger partial charge is 0.477 e. The van der Waals surface area contributed by atoms with Crippen LogP contribution in [0.1, 0.15) is 42.2 Å². The summed E-state index contributed by atoms with van der Waals surface area (Å²) in [6.45, 7) is 4.15. The molecule has 0 aliphatic heterocycles. The van der Waals surface area contributed by atoms with Crippen molar-refractivity contribution in [3.8, 4) is 11.3 Å². The van der Waals surface area contributed by atoms with Crippen molar-refractivity contribution in [3.63, 3.8) is 0 Å². The Morgan fingerprint density at radius 2 is 2.20 bits per heavy atom. The van der Waals surface area contributed by atoms with Gasteiger partial charge in [0.15, 0.2) is 0 Å². The van der Waals surface area contributed by atoms with Crippen molar-refractivity contribution in [2.24, 2.45) is 0 Å². The van der Waals surface area contributed by atoms with E-state index in [-0.39, 0.29) is 11.3 Å². The van der Waals surface area contributed by atoms with Crippen molar-refractivity contribution in [2.75, 3.05) is 7.11 Å². The zero-order valence-corrected chi connectivity index (χ0v) is 12.6.